The lowest BCUT2D eigenvalue weighted by molar-refractivity contribution is 0.355. The first-order chi connectivity index (χ1) is 6.38. The molecule has 63 valence electrons. The normalized spacial score (nSPS) is 9.85. The van der Waals surface area contributed by atoms with Gasteiger partial charge in [0.15, 0.2) is 0 Å². The van der Waals surface area contributed by atoms with Gasteiger partial charge in [0.05, 0.1) is 0 Å². The third-order valence-electron chi connectivity index (χ3n) is 1.71. The van der Waals surface area contributed by atoms with E-state index in [2.05, 4.69) is 9.97 Å². The largest absolute Gasteiger partial charge is 0.288 e. The van der Waals surface area contributed by atoms with Crippen molar-refractivity contribution >= 4 is 0 Å². The average molecular weight is 171 g/mol. The quantitative estimate of drug-likeness (QED) is 0.660. The molecule has 2 aromatic rings. The molecule has 2 aromatic heterocycles. The number of pyridine rings is 2. The topological polar surface area (TPSA) is 45.7 Å². The molecule has 0 unspecified atom stereocenters. The molecule has 0 saturated heterocycles. The van der Waals surface area contributed by atoms with Gasteiger partial charge < -0.3 is 0 Å². The van der Waals surface area contributed by atoms with Gasteiger partial charge in [0.25, 0.3) is 0 Å². The van der Waals surface area contributed by atoms with Crippen LogP contribution in [0.15, 0.2) is 42.9 Å². The van der Waals surface area contributed by atoms with Crippen molar-refractivity contribution in [2.24, 2.45) is 0 Å². The minimum atomic E-state index is -0.0736. The van der Waals surface area contributed by atoms with Gasteiger partial charge in [-0.15, -0.1) is 0 Å². The van der Waals surface area contributed by atoms with Crippen molar-refractivity contribution < 1.29 is 5.11 Å². The Bertz CT molecular complexity index is 401. The fourth-order valence-electron chi connectivity index (χ4n) is 1.11. The number of rotatable bonds is 1. The van der Waals surface area contributed by atoms with Gasteiger partial charge in [0.1, 0.15) is 5.69 Å². The molecule has 0 aliphatic rings. The molecule has 0 spiro atoms. The summed E-state index contributed by atoms with van der Waals surface area (Å²) >= 11 is 0. The van der Waals surface area contributed by atoms with Crippen LogP contribution in [0.1, 0.15) is 0 Å². The van der Waals surface area contributed by atoms with E-state index in [0.717, 1.165) is 5.56 Å². The lowest BCUT2D eigenvalue weighted by atomic mass is 10.2. The third kappa shape index (κ3) is 1.49. The minimum absolute atomic E-state index is 0.0736. The molecule has 0 amide bonds. The van der Waals surface area contributed by atoms with E-state index in [1.54, 1.807) is 30.7 Å². The zero-order valence-corrected chi connectivity index (χ0v) is 6.84. The van der Waals surface area contributed by atoms with E-state index >= 15 is 0 Å². The van der Waals surface area contributed by atoms with Crippen molar-refractivity contribution in [3.8, 4) is 17.0 Å². The third-order valence-corrected chi connectivity index (χ3v) is 1.71. The molecule has 0 saturated carbocycles. The molecule has 1 radical (unpaired) electrons. The number of aromatic nitrogens is 2. The van der Waals surface area contributed by atoms with Crippen LogP contribution >= 0.6 is 0 Å². The highest BCUT2D eigenvalue weighted by Crippen LogP contribution is 2.25. The maximum absolute atomic E-state index is 11.3. The maximum atomic E-state index is 11.3. The molecule has 0 fully saturated rings. The first kappa shape index (κ1) is 7.73. The van der Waals surface area contributed by atoms with Crippen molar-refractivity contribution in [2.45, 2.75) is 0 Å². The molecule has 0 aliphatic heterocycles. The van der Waals surface area contributed by atoms with Crippen LogP contribution in [0.2, 0.25) is 0 Å². The summed E-state index contributed by atoms with van der Waals surface area (Å²) in [7, 11) is 0. The van der Waals surface area contributed by atoms with Gasteiger partial charge in [0.2, 0.25) is 5.75 Å². The van der Waals surface area contributed by atoms with Crippen LogP contribution in [-0.2, 0) is 5.11 Å². The Kier molecular flexibility index (Phi) is 1.92. The molecule has 0 atom stereocenters. The molecule has 3 heteroatoms. The first-order valence-electron chi connectivity index (χ1n) is 3.90. The van der Waals surface area contributed by atoms with E-state index in [-0.39, 0.29) is 5.75 Å². The van der Waals surface area contributed by atoms with Gasteiger partial charge in [-0.3, -0.25) is 15.1 Å². The van der Waals surface area contributed by atoms with Crippen molar-refractivity contribution in [3.05, 3.63) is 42.9 Å². The van der Waals surface area contributed by atoms with Crippen LogP contribution in [0, 0.1) is 0 Å². The Hall–Kier alpha value is -1.90. The lowest BCUT2D eigenvalue weighted by Gasteiger charge is -1.98. The summed E-state index contributed by atoms with van der Waals surface area (Å²) in [6.45, 7) is 0. The molecule has 3 nitrogen and oxygen atoms in total. The first-order valence-corrected chi connectivity index (χ1v) is 3.90. The number of hydrogen-bond donors (Lipinski definition) is 0. The second kappa shape index (κ2) is 3.23. The Morgan fingerprint density at radius 1 is 1.08 bits per heavy atom. The zero-order valence-electron chi connectivity index (χ0n) is 6.84. The zero-order chi connectivity index (χ0) is 9.10. The molecule has 2 heterocycles. The van der Waals surface area contributed by atoms with Gasteiger partial charge in [-0.1, -0.05) is 0 Å². The predicted molar refractivity (Wildman–Crippen MR) is 47.6 cm³/mol. The van der Waals surface area contributed by atoms with Crippen molar-refractivity contribution in [2.75, 3.05) is 0 Å². The lowest BCUT2D eigenvalue weighted by Crippen LogP contribution is -1.83. The molecular weight excluding hydrogens is 164 g/mol. The van der Waals surface area contributed by atoms with E-state index in [1.165, 1.54) is 6.07 Å². The highest BCUT2D eigenvalue weighted by molar-refractivity contribution is 5.64. The summed E-state index contributed by atoms with van der Waals surface area (Å²) in [5.41, 5.74) is 1.21. The van der Waals surface area contributed by atoms with E-state index in [9.17, 15) is 5.11 Å². The molecule has 0 aromatic carbocycles. The molecule has 2 rings (SSSR count). The van der Waals surface area contributed by atoms with Crippen LogP contribution in [0.3, 0.4) is 0 Å². The van der Waals surface area contributed by atoms with Crippen molar-refractivity contribution in [1.29, 1.82) is 0 Å². The Balaban J connectivity index is 2.54. The number of nitrogens with zero attached hydrogens (tertiary/aromatic N) is 2. The van der Waals surface area contributed by atoms with Crippen LogP contribution < -0.4 is 0 Å². The van der Waals surface area contributed by atoms with Crippen LogP contribution in [0.25, 0.3) is 11.3 Å². The van der Waals surface area contributed by atoms with Gasteiger partial charge in [-0.2, -0.15) is 0 Å². The smallest absolute Gasteiger partial charge is 0.204 e. The Morgan fingerprint density at radius 2 is 1.92 bits per heavy atom. The van der Waals surface area contributed by atoms with Gasteiger partial charge in [-0.25, -0.2) is 0 Å². The summed E-state index contributed by atoms with van der Waals surface area (Å²) in [6.07, 6.45) is 4.89. The van der Waals surface area contributed by atoms with Crippen LogP contribution in [-0.4, -0.2) is 9.97 Å². The Labute approximate surface area is 75.7 Å². The van der Waals surface area contributed by atoms with Crippen molar-refractivity contribution in [1.82, 2.24) is 9.97 Å². The highest BCUT2D eigenvalue weighted by atomic mass is 16.3. The molecular formula is C10H7N2O. The second-order valence-electron chi connectivity index (χ2n) is 2.59. The summed E-state index contributed by atoms with van der Waals surface area (Å²) in [5, 5.41) is 11.3. The average Bonchev–Trinajstić information content (AvgIpc) is 2.20. The fraction of sp³-hybridized carbons (Fsp3) is 0. The molecule has 0 N–H and O–H groups in total. The number of hydrogen-bond acceptors (Lipinski definition) is 2. The van der Waals surface area contributed by atoms with Crippen LogP contribution in [0.5, 0.6) is 5.75 Å². The maximum Gasteiger partial charge on any atom is 0.204 e. The predicted octanol–water partition coefficient (Wildman–Crippen LogP) is 2.29. The van der Waals surface area contributed by atoms with E-state index in [0.29, 0.717) is 5.69 Å². The summed E-state index contributed by atoms with van der Waals surface area (Å²) in [5.74, 6) is -0.0736. The summed E-state index contributed by atoms with van der Waals surface area (Å²) < 4.78 is 0. The van der Waals surface area contributed by atoms with Crippen LogP contribution in [0.4, 0.5) is 0 Å². The fourth-order valence-corrected chi connectivity index (χ4v) is 1.11. The summed E-state index contributed by atoms with van der Waals surface area (Å²) in [6, 6.07) is 6.72. The monoisotopic (exact) mass is 171 g/mol. The molecule has 13 heavy (non-hydrogen) atoms. The van der Waals surface area contributed by atoms with Gasteiger partial charge in [-0.05, 0) is 24.3 Å². The molecule has 0 aliphatic carbocycles. The van der Waals surface area contributed by atoms with E-state index in [4.69, 9.17) is 0 Å². The van der Waals surface area contributed by atoms with Gasteiger partial charge in [0, 0.05) is 24.2 Å². The Morgan fingerprint density at radius 3 is 2.62 bits per heavy atom. The molecule has 0 bridgehead atoms. The second-order valence-corrected chi connectivity index (χ2v) is 2.59. The standard InChI is InChI=1S/C10H7N2O/c13-9-4-2-6-12-10(9)8-3-1-5-11-7-8/h1-7H. The van der Waals surface area contributed by atoms with Crippen molar-refractivity contribution in [3.63, 3.8) is 0 Å². The SMILES string of the molecule is [O]c1cccnc1-c1cccnc1. The van der Waals surface area contributed by atoms with E-state index < -0.39 is 0 Å². The van der Waals surface area contributed by atoms with E-state index in [1.807, 2.05) is 6.07 Å². The minimum Gasteiger partial charge on any atom is -0.288 e. The highest BCUT2D eigenvalue weighted by Gasteiger charge is 2.04. The van der Waals surface area contributed by atoms with Gasteiger partial charge >= 0.3 is 0 Å². The summed E-state index contributed by atoms with van der Waals surface area (Å²) in [4.78, 5) is 7.92.